The fraction of sp³-hybridized carbons (Fsp3) is 0.923. The molecule has 0 amide bonds. The van der Waals surface area contributed by atoms with Gasteiger partial charge in [-0.2, -0.15) is 0 Å². The summed E-state index contributed by atoms with van der Waals surface area (Å²) < 4.78 is 0. The molecular formula is C13H26IN3. The van der Waals surface area contributed by atoms with Gasteiger partial charge in [0.2, 0.25) is 0 Å². The molecule has 4 heteroatoms. The van der Waals surface area contributed by atoms with Gasteiger partial charge in [-0.25, -0.2) is 0 Å². The van der Waals surface area contributed by atoms with Crippen LogP contribution in [-0.4, -0.2) is 25.6 Å². The van der Waals surface area contributed by atoms with Gasteiger partial charge in [0.15, 0.2) is 5.96 Å². The fourth-order valence-corrected chi connectivity index (χ4v) is 2.44. The van der Waals surface area contributed by atoms with Crippen LogP contribution in [0.2, 0.25) is 0 Å². The van der Waals surface area contributed by atoms with Crippen molar-refractivity contribution in [1.29, 1.82) is 0 Å². The van der Waals surface area contributed by atoms with Crippen LogP contribution in [0.4, 0.5) is 0 Å². The van der Waals surface area contributed by atoms with E-state index in [0.29, 0.717) is 6.04 Å². The highest BCUT2D eigenvalue weighted by atomic mass is 127. The largest absolute Gasteiger partial charge is 0.356 e. The number of hydrogen-bond donors (Lipinski definition) is 2. The van der Waals surface area contributed by atoms with Crippen LogP contribution in [0.25, 0.3) is 0 Å². The average Bonchev–Trinajstić information content (AvgIpc) is 3.13. The third kappa shape index (κ3) is 5.93. The van der Waals surface area contributed by atoms with Crippen molar-refractivity contribution in [2.45, 2.75) is 57.4 Å². The van der Waals surface area contributed by atoms with Gasteiger partial charge in [-0.1, -0.05) is 32.1 Å². The van der Waals surface area contributed by atoms with E-state index in [1.165, 1.54) is 51.4 Å². The minimum atomic E-state index is 0. The van der Waals surface area contributed by atoms with E-state index in [4.69, 9.17) is 0 Å². The molecule has 3 nitrogen and oxygen atoms in total. The number of nitrogens with zero attached hydrogens (tertiary/aromatic N) is 1. The zero-order valence-electron chi connectivity index (χ0n) is 10.9. The third-order valence-corrected chi connectivity index (χ3v) is 3.71. The summed E-state index contributed by atoms with van der Waals surface area (Å²) in [6, 6.07) is 0.654. The molecule has 100 valence electrons. The van der Waals surface area contributed by atoms with Crippen molar-refractivity contribution in [3.63, 3.8) is 0 Å². The number of guanidine groups is 1. The monoisotopic (exact) mass is 351 g/mol. The van der Waals surface area contributed by atoms with E-state index in [1.807, 2.05) is 7.05 Å². The van der Waals surface area contributed by atoms with Crippen LogP contribution in [0.3, 0.4) is 0 Å². The zero-order chi connectivity index (χ0) is 11.2. The number of aliphatic imine (C=N–C) groups is 1. The van der Waals surface area contributed by atoms with Gasteiger partial charge >= 0.3 is 0 Å². The summed E-state index contributed by atoms with van der Waals surface area (Å²) >= 11 is 0. The molecule has 0 aromatic carbocycles. The van der Waals surface area contributed by atoms with E-state index in [2.05, 4.69) is 15.6 Å². The standard InChI is InChI=1S/C13H25N3.HI/c1-14-13(15-10-9-11-7-8-11)16-12-5-3-2-4-6-12;/h11-12H,2-10H2,1H3,(H2,14,15,16);1H. The van der Waals surface area contributed by atoms with E-state index < -0.39 is 0 Å². The molecule has 0 unspecified atom stereocenters. The number of rotatable bonds is 4. The highest BCUT2D eigenvalue weighted by Gasteiger charge is 2.20. The maximum atomic E-state index is 4.29. The van der Waals surface area contributed by atoms with Gasteiger partial charge in [0.05, 0.1) is 0 Å². The Kier molecular flexibility index (Phi) is 7.23. The molecule has 0 aromatic heterocycles. The minimum Gasteiger partial charge on any atom is -0.356 e. The molecule has 0 spiro atoms. The lowest BCUT2D eigenvalue weighted by molar-refractivity contribution is 0.410. The van der Waals surface area contributed by atoms with E-state index in [-0.39, 0.29) is 24.0 Å². The Hall–Kier alpha value is 0. The molecular weight excluding hydrogens is 325 g/mol. The molecule has 2 N–H and O–H groups in total. The summed E-state index contributed by atoms with van der Waals surface area (Å²) in [6.07, 6.45) is 11.0. The first-order valence-electron chi connectivity index (χ1n) is 6.85. The Labute approximate surface area is 122 Å². The Bertz CT molecular complexity index is 233. The van der Waals surface area contributed by atoms with Crippen molar-refractivity contribution in [1.82, 2.24) is 10.6 Å². The molecule has 0 aromatic rings. The number of halogens is 1. The van der Waals surface area contributed by atoms with Crippen molar-refractivity contribution in [3.8, 4) is 0 Å². The van der Waals surface area contributed by atoms with Gasteiger partial charge in [0.25, 0.3) is 0 Å². The second-order valence-electron chi connectivity index (χ2n) is 5.21. The Morgan fingerprint density at radius 2 is 1.82 bits per heavy atom. The molecule has 2 saturated carbocycles. The van der Waals surface area contributed by atoms with Crippen LogP contribution in [0.5, 0.6) is 0 Å². The predicted octanol–water partition coefficient (Wildman–Crippen LogP) is 2.90. The molecule has 0 saturated heterocycles. The summed E-state index contributed by atoms with van der Waals surface area (Å²) in [4.78, 5) is 4.29. The highest BCUT2D eigenvalue weighted by Crippen LogP contribution is 2.31. The first kappa shape index (κ1) is 15.1. The van der Waals surface area contributed by atoms with Gasteiger partial charge in [0, 0.05) is 19.6 Å². The highest BCUT2D eigenvalue weighted by molar-refractivity contribution is 14.0. The van der Waals surface area contributed by atoms with Gasteiger partial charge in [0.1, 0.15) is 0 Å². The Morgan fingerprint density at radius 3 is 2.41 bits per heavy atom. The summed E-state index contributed by atoms with van der Waals surface area (Å²) in [5.41, 5.74) is 0. The normalized spacial score (nSPS) is 21.8. The zero-order valence-corrected chi connectivity index (χ0v) is 13.2. The summed E-state index contributed by atoms with van der Waals surface area (Å²) in [7, 11) is 1.87. The fourth-order valence-electron chi connectivity index (χ4n) is 2.44. The van der Waals surface area contributed by atoms with Crippen LogP contribution >= 0.6 is 24.0 Å². The van der Waals surface area contributed by atoms with Gasteiger partial charge < -0.3 is 10.6 Å². The second kappa shape index (κ2) is 8.16. The SMILES string of the molecule is CN=C(NCCC1CC1)NC1CCCCC1.I. The number of nitrogens with one attached hydrogen (secondary N) is 2. The molecule has 2 rings (SSSR count). The van der Waals surface area contributed by atoms with Crippen LogP contribution in [0.15, 0.2) is 4.99 Å². The molecule has 2 aliphatic carbocycles. The lowest BCUT2D eigenvalue weighted by atomic mass is 9.96. The molecule has 0 aliphatic heterocycles. The lowest BCUT2D eigenvalue weighted by Crippen LogP contribution is -2.44. The molecule has 17 heavy (non-hydrogen) atoms. The quantitative estimate of drug-likeness (QED) is 0.464. The first-order valence-corrected chi connectivity index (χ1v) is 6.85. The van der Waals surface area contributed by atoms with Crippen molar-refractivity contribution in [2.24, 2.45) is 10.9 Å². The molecule has 0 atom stereocenters. The van der Waals surface area contributed by atoms with Gasteiger partial charge in [-0.05, 0) is 25.2 Å². The van der Waals surface area contributed by atoms with Crippen LogP contribution < -0.4 is 10.6 Å². The maximum Gasteiger partial charge on any atom is 0.191 e. The lowest BCUT2D eigenvalue weighted by Gasteiger charge is -2.24. The smallest absolute Gasteiger partial charge is 0.191 e. The van der Waals surface area contributed by atoms with E-state index in [0.717, 1.165) is 18.4 Å². The average molecular weight is 351 g/mol. The second-order valence-corrected chi connectivity index (χ2v) is 5.21. The van der Waals surface area contributed by atoms with E-state index >= 15 is 0 Å². The Morgan fingerprint density at radius 1 is 1.12 bits per heavy atom. The molecule has 2 fully saturated rings. The number of hydrogen-bond acceptors (Lipinski definition) is 1. The van der Waals surface area contributed by atoms with Crippen LogP contribution in [0.1, 0.15) is 51.4 Å². The molecule has 0 heterocycles. The van der Waals surface area contributed by atoms with Gasteiger partial charge in [-0.3, -0.25) is 4.99 Å². The van der Waals surface area contributed by atoms with Gasteiger partial charge in [-0.15, -0.1) is 24.0 Å². The van der Waals surface area contributed by atoms with Crippen molar-refractivity contribution < 1.29 is 0 Å². The minimum absolute atomic E-state index is 0. The van der Waals surface area contributed by atoms with Crippen molar-refractivity contribution in [2.75, 3.05) is 13.6 Å². The third-order valence-electron chi connectivity index (χ3n) is 3.71. The van der Waals surface area contributed by atoms with Crippen LogP contribution in [-0.2, 0) is 0 Å². The van der Waals surface area contributed by atoms with Crippen LogP contribution in [0, 0.1) is 5.92 Å². The Balaban J connectivity index is 0.00000144. The molecule has 0 bridgehead atoms. The summed E-state index contributed by atoms with van der Waals surface area (Å²) in [6.45, 7) is 1.08. The van der Waals surface area contributed by atoms with Crippen molar-refractivity contribution in [3.05, 3.63) is 0 Å². The van der Waals surface area contributed by atoms with E-state index in [1.54, 1.807) is 0 Å². The molecule has 0 radical (unpaired) electrons. The summed E-state index contributed by atoms with van der Waals surface area (Å²) in [5, 5.41) is 6.97. The first-order chi connectivity index (χ1) is 7.88. The topological polar surface area (TPSA) is 36.4 Å². The van der Waals surface area contributed by atoms with Crippen molar-refractivity contribution >= 4 is 29.9 Å². The molecule has 2 aliphatic rings. The summed E-state index contributed by atoms with van der Waals surface area (Å²) in [5.74, 6) is 2.01. The maximum absolute atomic E-state index is 4.29. The predicted molar refractivity (Wildman–Crippen MR) is 84.1 cm³/mol. The van der Waals surface area contributed by atoms with E-state index in [9.17, 15) is 0 Å².